The quantitative estimate of drug-likeness (QED) is 0.656. The Morgan fingerprint density at radius 3 is 2.31 bits per heavy atom. The van der Waals surface area contributed by atoms with Crippen LogP contribution in [0.25, 0.3) is 0 Å². The largest absolute Gasteiger partial charge is 0.348 e. The standard InChI is InChI=1S/C9H7F2NO/c10-9(11)7(12-8(9)13)6-4-2-1-3-5-6/h1-5,7H,(H,12,13)/t7-/m0/s1. The molecule has 1 aliphatic rings. The Balaban J connectivity index is 2.27. The van der Waals surface area contributed by atoms with E-state index < -0.39 is 17.9 Å². The Morgan fingerprint density at radius 2 is 1.85 bits per heavy atom. The first-order chi connectivity index (χ1) is 6.12. The van der Waals surface area contributed by atoms with Gasteiger partial charge in [0.05, 0.1) is 0 Å². The molecule has 0 unspecified atom stereocenters. The predicted octanol–water partition coefficient (Wildman–Crippen LogP) is 1.49. The lowest BCUT2D eigenvalue weighted by Crippen LogP contribution is -2.61. The number of alkyl halides is 2. The summed E-state index contributed by atoms with van der Waals surface area (Å²) in [4.78, 5) is 10.5. The average molecular weight is 183 g/mol. The summed E-state index contributed by atoms with van der Waals surface area (Å²) >= 11 is 0. The van der Waals surface area contributed by atoms with Crippen LogP contribution in [0, 0.1) is 0 Å². The number of amides is 1. The van der Waals surface area contributed by atoms with Gasteiger partial charge in [-0.15, -0.1) is 0 Å². The molecule has 1 fully saturated rings. The van der Waals surface area contributed by atoms with Crippen molar-refractivity contribution in [2.24, 2.45) is 0 Å². The highest BCUT2D eigenvalue weighted by atomic mass is 19.3. The molecule has 0 spiro atoms. The number of carbonyl (C=O) groups is 1. The summed E-state index contributed by atoms with van der Waals surface area (Å²) in [6, 6.07) is 7.05. The first-order valence-electron chi connectivity index (χ1n) is 3.86. The molecule has 1 aromatic carbocycles. The van der Waals surface area contributed by atoms with Crippen LogP contribution < -0.4 is 5.32 Å². The zero-order chi connectivity index (χ0) is 9.47. The third-order valence-electron chi connectivity index (χ3n) is 2.07. The zero-order valence-corrected chi connectivity index (χ0v) is 6.63. The average Bonchev–Trinajstić information content (AvgIpc) is 2.15. The number of carbonyl (C=O) groups excluding carboxylic acids is 1. The Bertz CT molecular complexity index is 337. The molecule has 13 heavy (non-hydrogen) atoms. The molecule has 1 amide bonds. The second-order valence-corrected chi connectivity index (χ2v) is 2.94. The van der Waals surface area contributed by atoms with Gasteiger partial charge in [0.1, 0.15) is 6.04 Å². The number of nitrogens with one attached hydrogen (secondary N) is 1. The van der Waals surface area contributed by atoms with Crippen LogP contribution in [0.15, 0.2) is 30.3 Å². The van der Waals surface area contributed by atoms with Crippen molar-refractivity contribution in [3.8, 4) is 0 Å². The highest BCUT2D eigenvalue weighted by Crippen LogP contribution is 2.38. The first-order valence-corrected chi connectivity index (χ1v) is 3.86. The van der Waals surface area contributed by atoms with Crippen LogP contribution in [0.4, 0.5) is 8.78 Å². The number of rotatable bonds is 1. The second-order valence-electron chi connectivity index (χ2n) is 2.94. The zero-order valence-electron chi connectivity index (χ0n) is 6.63. The monoisotopic (exact) mass is 183 g/mol. The fraction of sp³-hybridized carbons (Fsp3) is 0.222. The minimum Gasteiger partial charge on any atom is -0.337 e. The van der Waals surface area contributed by atoms with Crippen molar-refractivity contribution in [2.45, 2.75) is 12.0 Å². The molecule has 1 aromatic rings. The molecule has 2 rings (SSSR count). The highest BCUT2D eigenvalue weighted by molar-refractivity contribution is 5.91. The van der Waals surface area contributed by atoms with Gasteiger partial charge in [0, 0.05) is 0 Å². The van der Waals surface area contributed by atoms with Crippen molar-refractivity contribution in [2.75, 3.05) is 0 Å². The number of hydrogen-bond donors (Lipinski definition) is 1. The third-order valence-corrected chi connectivity index (χ3v) is 2.07. The third kappa shape index (κ3) is 1.09. The van der Waals surface area contributed by atoms with E-state index in [9.17, 15) is 13.6 Å². The fourth-order valence-corrected chi connectivity index (χ4v) is 1.31. The maximum absolute atomic E-state index is 12.9. The summed E-state index contributed by atoms with van der Waals surface area (Å²) in [7, 11) is 0. The van der Waals surface area contributed by atoms with Gasteiger partial charge in [-0.3, -0.25) is 4.79 Å². The van der Waals surface area contributed by atoms with Crippen molar-refractivity contribution in [3.63, 3.8) is 0 Å². The minimum absolute atomic E-state index is 0.437. The summed E-state index contributed by atoms with van der Waals surface area (Å²) in [6.45, 7) is 0. The van der Waals surface area contributed by atoms with Crippen molar-refractivity contribution in [1.29, 1.82) is 0 Å². The molecule has 0 aromatic heterocycles. The van der Waals surface area contributed by atoms with Crippen LogP contribution in [0.2, 0.25) is 0 Å². The van der Waals surface area contributed by atoms with Crippen molar-refractivity contribution in [1.82, 2.24) is 5.32 Å². The summed E-state index contributed by atoms with van der Waals surface area (Å²) in [5.74, 6) is -4.44. The molecule has 1 atom stereocenters. The molecule has 1 saturated heterocycles. The summed E-state index contributed by atoms with van der Waals surface area (Å²) < 4.78 is 25.7. The van der Waals surface area contributed by atoms with Gasteiger partial charge in [-0.25, -0.2) is 0 Å². The number of hydrogen-bond acceptors (Lipinski definition) is 1. The van der Waals surface area contributed by atoms with Gasteiger partial charge in [0.15, 0.2) is 0 Å². The number of β-lactam (4-membered cyclic amide) rings is 1. The molecule has 1 N–H and O–H groups in total. The lowest BCUT2D eigenvalue weighted by molar-refractivity contribution is -0.171. The van der Waals surface area contributed by atoms with Gasteiger partial charge in [-0.05, 0) is 5.56 Å². The summed E-state index contributed by atoms with van der Waals surface area (Å²) in [6.07, 6.45) is 0. The van der Waals surface area contributed by atoms with Gasteiger partial charge in [0.25, 0.3) is 5.91 Å². The van der Waals surface area contributed by atoms with E-state index in [0.29, 0.717) is 5.56 Å². The molecule has 1 aliphatic heterocycles. The van der Waals surface area contributed by atoms with E-state index in [1.54, 1.807) is 30.3 Å². The maximum atomic E-state index is 12.9. The highest BCUT2D eigenvalue weighted by Gasteiger charge is 2.58. The van der Waals surface area contributed by atoms with Crippen LogP contribution in [0.5, 0.6) is 0 Å². The second kappa shape index (κ2) is 2.52. The molecular weight excluding hydrogens is 176 g/mol. The Hall–Kier alpha value is -1.45. The SMILES string of the molecule is O=C1N[C@@H](c2ccccc2)C1(F)F. The van der Waals surface area contributed by atoms with Gasteiger partial charge in [-0.2, -0.15) is 8.78 Å². The molecule has 0 saturated carbocycles. The molecular formula is C9H7F2NO. The minimum atomic E-state index is -3.25. The van der Waals surface area contributed by atoms with Crippen LogP contribution in [0.1, 0.15) is 11.6 Å². The molecule has 2 nitrogen and oxygen atoms in total. The first kappa shape index (κ1) is 8.16. The summed E-state index contributed by atoms with van der Waals surface area (Å²) in [5.41, 5.74) is 0.437. The van der Waals surface area contributed by atoms with Crippen LogP contribution in [-0.4, -0.2) is 11.8 Å². The molecule has 0 bridgehead atoms. The molecule has 4 heteroatoms. The summed E-state index contributed by atoms with van der Waals surface area (Å²) in [5, 5.41) is 2.16. The molecule has 0 radical (unpaired) electrons. The molecule has 1 heterocycles. The van der Waals surface area contributed by atoms with E-state index in [0.717, 1.165) is 0 Å². The van der Waals surface area contributed by atoms with Crippen LogP contribution >= 0.6 is 0 Å². The van der Waals surface area contributed by atoms with Crippen LogP contribution in [0.3, 0.4) is 0 Å². The van der Waals surface area contributed by atoms with E-state index in [4.69, 9.17) is 0 Å². The van der Waals surface area contributed by atoms with E-state index in [1.165, 1.54) is 0 Å². The van der Waals surface area contributed by atoms with Gasteiger partial charge in [0.2, 0.25) is 0 Å². The normalized spacial score (nSPS) is 24.8. The topological polar surface area (TPSA) is 29.1 Å². The fourth-order valence-electron chi connectivity index (χ4n) is 1.31. The van der Waals surface area contributed by atoms with Crippen LogP contribution in [-0.2, 0) is 4.79 Å². The van der Waals surface area contributed by atoms with E-state index in [2.05, 4.69) is 5.32 Å². The van der Waals surface area contributed by atoms with Crippen molar-refractivity contribution >= 4 is 5.91 Å². The van der Waals surface area contributed by atoms with E-state index in [-0.39, 0.29) is 0 Å². The smallest absolute Gasteiger partial charge is 0.337 e. The van der Waals surface area contributed by atoms with E-state index >= 15 is 0 Å². The lowest BCUT2D eigenvalue weighted by Gasteiger charge is -2.36. The van der Waals surface area contributed by atoms with Crippen molar-refractivity contribution in [3.05, 3.63) is 35.9 Å². The van der Waals surface area contributed by atoms with Gasteiger partial charge < -0.3 is 5.32 Å². The van der Waals surface area contributed by atoms with Gasteiger partial charge in [-0.1, -0.05) is 30.3 Å². The Kier molecular flexibility index (Phi) is 1.58. The number of halogens is 2. The Morgan fingerprint density at radius 1 is 1.23 bits per heavy atom. The van der Waals surface area contributed by atoms with Gasteiger partial charge >= 0.3 is 5.92 Å². The lowest BCUT2D eigenvalue weighted by atomic mass is 9.93. The maximum Gasteiger partial charge on any atom is 0.348 e. The molecule has 68 valence electrons. The number of benzene rings is 1. The molecule has 0 aliphatic carbocycles. The van der Waals surface area contributed by atoms with Crippen molar-refractivity contribution < 1.29 is 13.6 Å². The predicted molar refractivity (Wildman–Crippen MR) is 42.3 cm³/mol. The Labute approximate surface area is 73.6 Å². The van der Waals surface area contributed by atoms with E-state index in [1.807, 2.05) is 0 Å².